The Bertz CT molecular complexity index is 528. The highest BCUT2D eigenvalue weighted by atomic mass is 79.9. The summed E-state index contributed by atoms with van der Waals surface area (Å²) in [5.41, 5.74) is 7.98. The van der Waals surface area contributed by atoms with Gasteiger partial charge in [0.25, 0.3) is 0 Å². The molecule has 2 aromatic rings. The normalized spacial score (nSPS) is 10.2. The minimum atomic E-state index is 0.264. The molecular weight excluding hydrogens is 280 g/mol. The topological polar surface area (TPSA) is 63.8 Å². The van der Waals surface area contributed by atoms with Crippen LogP contribution in [0.5, 0.6) is 0 Å². The second-order valence-corrected chi connectivity index (χ2v) is 4.62. The Kier molecular flexibility index (Phi) is 3.58. The maximum Gasteiger partial charge on any atom is 0.221 e. The van der Waals surface area contributed by atoms with Crippen molar-refractivity contribution in [3.63, 3.8) is 0 Å². The first-order valence-corrected chi connectivity index (χ1v) is 6.02. The molecule has 5 heteroatoms. The molecule has 0 saturated heterocycles. The minimum Gasteiger partial charge on any atom is -0.368 e. The molecule has 2 rings (SSSR count). The number of halogens is 1. The van der Waals surface area contributed by atoms with Crippen LogP contribution in [0, 0.1) is 6.92 Å². The number of rotatable bonds is 3. The predicted molar refractivity (Wildman–Crippen MR) is 72.7 cm³/mol. The second-order valence-electron chi connectivity index (χ2n) is 3.77. The van der Waals surface area contributed by atoms with Crippen molar-refractivity contribution in [2.45, 2.75) is 13.5 Å². The summed E-state index contributed by atoms with van der Waals surface area (Å²) in [6.07, 6.45) is 1.64. The zero-order valence-electron chi connectivity index (χ0n) is 9.44. The number of nitrogens with one attached hydrogen (secondary N) is 1. The molecule has 17 heavy (non-hydrogen) atoms. The molecule has 4 nitrogen and oxygen atoms in total. The molecule has 1 heterocycles. The highest BCUT2D eigenvalue weighted by Crippen LogP contribution is 2.19. The van der Waals surface area contributed by atoms with E-state index in [0.29, 0.717) is 12.4 Å². The molecule has 88 valence electrons. The number of aryl methyl sites for hydroxylation is 1. The number of aromatic nitrogens is 2. The molecule has 0 saturated carbocycles. The number of nitrogens with two attached hydrogens (primary N) is 1. The zero-order chi connectivity index (χ0) is 12.3. The molecule has 3 N–H and O–H groups in total. The number of anilines is 2. The van der Waals surface area contributed by atoms with E-state index < -0.39 is 0 Å². The van der Waals surface area contributed by atoms with Gasteiger partial charge in [0.1, 0.15) is 5.82 Å². The minimum absolute atomic E-state index is 0.264. The van der Waals surface area contributed by atoms with Crippen LogP contribution in [0.4, 0.5) is 11.8 Å². The van der Waals surface area contributed by atoms with E-state index in [-0.39, 0.29) is 5.95 Å². The van der Waals surface area contributed by atoms with E-state index in [1.54, 1.807) is 6.20 Å². The van der Waals surface area contributed by atoms with Gasteiger partial charge < -0.3 is 11.1 Å². The van der Waals surface area contributed by atoms with Gasteiger partial charge in [-0.3, -0.25) is 0 Å². The van der Waals surface area contributed by atoms with Crippen molar-refractivity contribution in [1.82, 2.24) is 9.97 Å². The zero-order valence-corrected chi connectivity index (χ0v) is 11.0. The molecule has 1 aromatic heterocycles. The Morgan fingerprint density at radius 1 is 1.41 bits per heavy atom. The lowest BCUT2D eigenvalue weighted by Gasteiger charge is -2.08. The smallest absolute Gasteiger partial charge is 0.221 e. The van der Waals surface area contributed by atoms with Crippen LogP contribution in [0.1, 0.15) is 11.1 Å². The summed E-state index contributed by atoms with van der Waals surface area (Å²) in [5, 5.41) is 3.22. The Morgan fingerprint density at radius 2 is 2.24 bits per heavy atom. The van der Waals surface area contributed by atoms with Crippen LogP contribution in [0.3, 0.4) is 0 Å². The lowest BCUT2D eigenvalue weighted by molar-refractivity contribution is 1.08. The van der Waals surface area contributed by atoms with E-state index in [1.807, 2.05) is 6.07 Å². The van der Waals surface area contributed by atoms with E-state index in [0.717, 1.165) is 4.47 Å². The first kappa shape index (κ1) is 11.9. The Morgan fingerprint density at radius 3 is 3.00 bits per heavy atom. The number of nitrogens with zero attached hydrogens (tertiary/aromatic N) is 2. The van der Waals surface area contributed by atoms with Crippen molar-refractivity contribution < 1.29 is 0 Å². The predicted octanol–water partition coefficient (Wildman–Crippen LogP) is 2.74. The van der Waals surface area contributed by atoms with Gasteiger partial charge in [-0.25, -0.2) is 4.98 Å². The fourth-order valence-corrected chi connectivity index (χ4v) is 1.84. The van der Waals surface area contributed by atoms with Crippen LogP contribution in [0.25, 0.3) is 0 Å². The summed E-state index contributed by atoms with van der Waals surface area (Å²) < 4.78 is 0.805. The molecule has 0 radical (unpaired) electrons. The number of nitrogen functional groups attached to an aromatic ring is 1. The summed E-state index contributed by atoms with van der Waals surface area (Å²) in [6.45, 7) is 2.78. The molecule has 1 aromatic carbocycles. The van der Waals surface area contributed by atoms with Gasteiger partial charge in [-0.15, -0.1) is 0 Å². The Hall–Kier alpha value is -1.62. The molecule has 0 spiro atoms. The molecule has 0 aliphatic rings. The monoisotopic (exact) mass is 292 g/mol. The highest BCUT2D eigenvalue weighted by molar-refractivity contribution is 9.10. The number of hydrogen-bond acceptors (Lipinski definition) is 4. The maximum atomic E-state index is 5.54. The summed E-state index contributed by atoms with van der Waals surface area (Å²) >= 11 is 3.38. The number of hydrogen-bond donors (Lipinski definition) is 2. The average Bonchev–Trinajstić information content (AvgIpc) is 2.30. The quantitative estimate of drug-likeness (QED) is 0.913. The third-order valence-electron chi connectivity index (χ3n) is 2.31. The Labute approximate surface area is 108 Å². The summed E-state index contributed by atoms with van der Waals surface area (Å²) in [6, 6.07) is 8.31. The molecule has 0 aliphatic heterocycles. The van der Waals surface area contributed by atoms with Crippen molar-refractivity contribution >= 4 is 27.7 Å². The van der Waals surface area contributed by atoms with E-state index in [9.17, 15) is 0 Å². The van der Waals surface area contributed by atoms with Gasteiger partial charge >= 0.3 is 0 Å². The molecule has 0 aliphatic carbocycles. The number of benzene rings is 1. The van der Waals surface area contributed by atoms with E-state index in [2.05, 4.69) is 56.3 Å². The van der Waals surface area contributed by atoms with Crippen molar-refractivity contribution in [2.75, 3.05) is 11.1 Å². The van der Waals surface area contributed by atoms with Gasteiger partial charge in [-0.05, 0) is 28.4 Å². The molecule has 0 amide bonds. The first-order valence-electron chi connectivity index (χ1n) is 5.22. The SMILES string of the molecule is Cc1cccc(CNc2nc(N)ncc2Br)c1. The standard InChI is InChI=1S/C12H13BrN4/c1-8-3-2-4-9(5-8)6-15-11-10(13)7-16-12(14)17-11/h2-5,7H,6H2,1H3,(H3,14,15,16,17). The van der Waals surface area contributed by atoms with E-state index in [4.69, 9.17) is 5.73 Å². The fraction of sp³-hybridized carbons (Fsp3) is 0.167. The van der Waals surface area contributed by atoms with Crippen LogP contribution in [0.15, 0.2) is 34.9 Å². The van der Waals surface area contributed by atoms with Crippen LogP contribution < -0.4 is 11.1 Å². The lowest BCUT2D eigenvalue weighted by atomic mass is 10.1. The first-order chi connectivity index (χ1) is 8.15. The van der Waals surface area contributed by atoms with Gasteiger partial charge in [-0.1, -0.05) is 29.8 Å². The van der Waals surface area contributed by atoms with E-state index in [1.165, 1.54) is 11.1 Å². The average molecular weight is 293 g/mol. The van der Waals surface area contributed by atoms with Gasteiger partial charge in [0.05, 0.1) is 4.47 Å². The summed E-state index contributed by atoms with van der Waals surface area (Å²) in [5.74, 6) is 0.971. The van der Waals surface area contributed by atoms with Crippen molar-refractivity contribution in [1.29, 1.82) is 0 Å². The molecule has 0 bridgehead atoms. The van der Waals surface area contributed by atoms with Gasteiger partial charge in [-0.2, -0.15) is 4.98 Å². The lowest BCUT2D eigenvalue weighted by Crippen LogP contribution is -2.05. The Balaban J connectivity index is 2.09. The molecule has 0 atom stereocenters. The van der Waals surface area contributed by atoms with Crippen molar-refractivity contribution in [3.05, 3.63) is 46.1 Å². The van der Waals surface area contributed by atoms with E-state index >= 15 is 0 Å². The third kappa shape index (κ3) is 3.17. The van der Waals surface area contributed by atoms with Crippen LogP contribution in [-0.4, -0.2) is 9.97 Å². The summed E-state index contributed by atoms with van der Waals surface area (Å²) in [7, 11) is 0. The molecule has 0 unspecified atom stereocenters. The largest absolute Gasteiger partial charge is 0.368 e. The van der Waals surface area contributed by atoms with Crippen LogP contribution in [-0.2, 0) is 6.54 Å². The fourth-order valence-electron chi connectivity index (χ4n) is 1.51. The summed E-state index contributed by atoms with van der Waals surface area (Å²) in [4.78, 5) is 8.01. The highest BCUT2D eigenvalue weighted by Gasteiger charge is 2.02. The van der Waals surface area contributed by atoms with Gasteiger partial charge in [0, 0.05) is 12.7 Å². The van der Waals surface area contributed by atoms with Crippen molar-refractivity contribution in [2.24, 2.45) is 0 Å². The third-order valence-corrected chi connectivity index (χ3v) is 2.89. The van der Waals surface area contributed by atoms with Gasteiger partial charge in [0.2, 0.25) is 5.95 Å². The van der Waals surface area contributed by atoms with Crippen LogP contribution in [0.2, 0.25) is 0 Å². The van der Waals surface area contributed by atoms with Gasteiger partial charge in [0.15, 0.2) is 0 Å². The maximum absolute atomic E-state index is 5.54. The second kappa shape index (κ2) is 5.14. The molecular formula is C12H13BrN4. The van der Waals surface area contributed by atoms with Crippen molar-refractivity contribution in [3.8, 4) is 0 Å². The van der Waals surface area contributed by atoms with Crippen LogP contribution >= 0.6 is 15.9 Å². The molecule has 0 fully saturated rings.